The average molecular weight is 385 g/mol. The average Bonchev–Trinajstić information content (AvgIpc) is 3.01. The van der Waals surface area contributed by atoms with E-state index in [-0.39, 0.29) is 5.41 Å². The minimum atomic E-state index is 0.0164. The number of hydrogen-bond acceptors (Lipinski definition) is 0. The molecule has 0 amide bonds. The van der Waals surface area contributed by atoms with Crippen molar-refractivity contribution in [3.63, 3.8) is 0 Å². The third kappa shape index (κ3) is 2.22. The maximum atomic E-state index is 2.44. The van der Waals surface area contributed by atoms with Crippen LogP contribution in [-0.2, 0) is 5.41 Å². The third-order valence-corrected chi connectivity index (χ3v) is 7.06. The molecule has 144 valence electrons. The summed E-state index contributed by atoms with van der Waals surface area (Å²) < 4.78 is 0. The van der Waals surface area contributed by atoms with Crippen LogP contribution < -0.4 is 0 Å². The van der Waals surface area contributed by atoms with E-state index in [1.165, 1.54) is 60.5 Å². The van der Waals surface area contributed by atoms with Gasteiger partial charge < -0.3 is 0 Å². The second-order valence-corrected chi connectivity index (χ2v) is 9.02. The quantitative estimate of drug-likeness (QED) is 0.255. The Morgan fingerprint density at radius 2 is 1.10 bits per heavy atom. The highest BCUT2D eigenvalue weighted by Gasteiger charge is 2.35. The number of fused-ring (bicyclic) bond motifs is 6. The minimum Gasteiger partial charge on any atom is -0.0619 e. The lowest BCUT2D eigenvalue weighted by atomic mass is 9.80. The van der Waals surface area contributed by atoms with Gasteiger partial charge in [0.15, 0.2) is 0 Å². The molecule has 0 aliphatic heterocycles. The van der Waals surface area contributed by atoms with E-state index >= 15 is 0 Å². The summed E-state index contributed by atoms with van der Waals surface area (Å²) in [7, 11) is 0. The van der Waals surface area contributed by atoms with Crippen LogP contribution in [-0.4, -0.2) is 0 Å². The van der Waals surface area contributed by atoms with Gasteiger partial charge >= 0.3 is 0 Å². The van der Waals surface area contributed by atoms with Crippen LogP contribution in [0.5, 0.6) is 0 Å². The van der Waals surface area contributed by atoms with Crippen molar-refractivity contribution in [2.45, 2.75) is 26.2 Å². The van der Waals surface area contributed by atoms with Gasteiger partial charge in [0.25, 0.3) is 0 Å². The smallest absolute Gasteiger partial charge is 0.0159 e. The molecule has 0 saturated heterocycles. The second kappa shape index (κ2) is 6.06. The SMILES string of the molecule is Cc1c(-c2ccc3c(c2)C(C)(C)c2ccccc2-3)c2ccccc2c2ccccc12. The van der Waals surface area contributed by atoms with Crippen LogP contribution in [0.25, 0.3) is 43.8 Å². The molecule has 0 fully saturated rings. The number of aryl methyl sites for hydroxylation is 1. The first-order valence-electron chi connectivity index (χ1n) is 10.7. The van der Waals surface area contributed by atoms with Crippen molar-refractivity contribution in [3.8, 4) is 22.3 Å². The van der Waals surface area contributed by atoms with Crippen LogP contribution >= 0.6 is 0 Å². The van der Waals surface area contributed by atoms with Crippen molar-refractivity contribution < 1.29 is 0 Å². The van der Waals surface area contributed by atoms with Crippen molar-refractivity contribution in [2.75, 3.05) is 0 Å². The second-order valence-electron chi connectivity index (χ2n) is 9.02. The molecule has 0 heteroatoms. The van der Waals surface area contributed by atoms with Crippen molar-refractivity contribution in [3.05, 3.63) is 108 Å². The van der Waals surface area contributed by atoms with E-state index in [4.69, 9.17) is 0 Å². The first kappa shape index (κ1) is 17.5. The van der Waals surface area contributed by atoms with Gasteiger partial charge in [0, 0.05) is 5.41 Å². The molecule has 6 rings (SSSR count). The van der Waals surface area contributed by atoms with E-state index < -0.39 is 0 Å². The summed E-state index contributed by atoms with van der Waals surface area (Å²) in [6.07, 6.45) is 0. The fraction of sp³-hybridized carbons (Fsp3) is 0.133. The zero-order valence-electron chi connectivity index (χ0n) is 17.7. The lowest BCUT2D eigenvalue weighted by Crippen LogP contribution is -2.14. The summed E-state index contributed by atoms with van der Waals surface area (Å²) in [6, 6.07) is 33.6. The molecule has 0 atom stereocenters. The summed E-state index contributed by atoms with van der Waals surface area (Å²) in [4.78, 5) is 0. The van der Waals surface area contributed by atoms with Gasteiger partial charge in [0.05, 0.1) is 0 Å². The molecule has 0 heterocycles. The first-order chi connectivity index (χ1) is 14.6. The van der Waals surface area contributed by atoms with E-state index in [0.29, 0.717) is 0 Å². The van der Waals surface area contributed by atoms with Gasteiger partial charge in [-0.15, -0.1) is 0 Å². The Kier molecular flexibility index (Phi) is 3.53. The molecule has 0 radical (unpaired) electrons. The van der Waals surface area contributed by atoms with E-state index in [1.54, 1.807) is 0 Å². The molecule has 5 aromatic rings. The molecule has 0 N–H and O–H groups in total. The summed E-state index contributed by atoms with van der Waals surface area (Å²) in [6.45, 7) is 6.98. The van der Waals surface area contributed by atoms with Crippen molar-refractivity contribution in [1.29, 1.82) is 0 Å². The zero-order valence-corrected chi connectivity index (χ0v) is 17.7. The summed E-state index contributed by atoms with van der Waals surface area (Å²) in [5.41, 5.74) is 9.66. The number of hydrogen-bond donors (Lipinski definition) is 0. The molecule has 0 nitrogen and oxygen atoms in total. The molecule has 5 aromatic carbocycles. The standard InChI is InChI=1S/C30H24/c1-19-21-10-4-5-11-22(21)23-12-6-7-14-26(23)29(19)20-16-17-25-24-13-8-9-15-27(24)30(2,3)28(25)18-20/h4-18H,1-3H3. The largest absolute Gasteiger partial charge is 0.0619 e. The fourth-order valence-corrected chi connectivity index (χ4v) is 5.55. The highest BCUT2D eigenvalue weighted by molar-refractivity contribution is 6.15. The van der Waals surface area contributed by atoms with Crippen LogP contribution in [0.1, 0.15) is 30.5 Å². The molecular formula is C30H24. The van der Waals surface area contributed by atoms with Gasteiger partial charge in [-0.3, -0.25) is 0 Å². The predicted octanol–water partition coefficient (Wildman–Crippen LogP) is 8.27. The van der Waals surface area contributed by atoms with Crippen LogP contribution in [0.2, 0.25) is 0 Å². The topological polar surface area (TPSA) is 0 Å². The first-order valence-corrected chi connectivity index (χ1v) is 10.7. The van der Waals surface area contributed by atoms with E-state index in [9.17, 15) is 0 Å². The molecule has 30 heavy (non-hydrogen) atoms. The molecule has 0 unspecified atom stereocenters. The minimum absolute atomic E-state index is 0.0164. The summed E-state index contributed by atoms with van der Waals surface area (Å²) >= 11 is 0. The molecule has 0 spiro atoms. The molecule has 1 aliphatic carbocycles. The Morgan fingerprint density at radius 1 is 0.533 bits per heavy atom. The van der Waals surface area contributed by atoms with Gasteiger partial charge in [-0.1, -0.05) is 98.8 Å². The maximum absolute atomic E-state index is 2.44. The highest BCUT2D eigenvalue weighted by Crippen LogP contribution is 2.50. The fourth-order valence-electron chi connectivity index (χ4n) is 5.55. The molecule has 1 aliphatic rings. The monoisotopic (exact) mass is 384 g/mol. The Hall–Kier alpha value is -3.38. The van der Waals surface area contributed by atoms with Crippen molar-refractivity contribution >= 4 is 21.5 Å². The zero-order chi connectivity index (χ0) is 20.5. The number of rotatable bonds is 1. The Bertz CT molecular complexity index is 1470. The summed E-state index contributed by atoms with van der Waals surface area (Å²) in [5.74, 6) is 0. The normalized spacial score (nSPS) is 14.1. The van der Waals surface area contributed by atoms with Gasteiger partial charge in [-0.2, -0.15) is 0 Å². The Labute approximate surface area is 177 Å². The van der Waals surface area contributed by atoms with Gasteiger partial charge in [-0.25, -0.2) is 0 Å². The lowest BCUT2D eigenvalue weighted by molar-refractivity contribution is 0.660. The van der Waals surface area contributed by atoms with Gasteiger partial charge in [-0.05, 0) is 73.5 Å². The molecule has 0 aromatic heterocycles. The Balaban J connectivity index is 1.69. The Morgan fingerprint density at radius 3 is 1.87 bits per heavy atom. The van der Waals surface area contributed by atoms with E-state index in [2.05, 4.69) is 112 Å². The summed E-state index contributed by atoms with van der Waals surface area (Å²) in [5, 5.41) is 5.34. The highest BCUT2D eigenvalue weighted by atomic mass is 14.4. The van der Waals surface area contributed by atoms with E-state index in [0.717, 1.165) is 0 Å². The van der Waals surface area contributed by atoms with Crippen LogP contribution in [0.3, 0.4) is 0 Å². The predicted molar refractivity (Wildman–Crippen MR) is 129 cm³/mol. The number of benzene rings is 5. The maximum Gasteiger partial charge on any atom is 0.0159 e. The molecule has 0 bridgehead atoms. The van der Waals surface area contributed by atoms with Crippen molar-refractivity contribution in [2.24, 2.45) is 0 Å². The van der Waals surface area contributed by atoms with Crippen LogP contribution in [0, 0.1) is 6.92 Å². The van der Waals surface area contributed by atoms with E-state index in [1.807, 2.05) is 0 Å². The van der Waals surface area contributed by atoms with Crippen LogP contribution in [0.4, 0.5) is 0 Å². The molecule has 0 saturated carbocycles. The van der Waals surface area contributed by atoms with Crippen LogP contribution in [0.15, 0.2) is 91.0 Å². The third-order valence-electron chi connectivity index (χ3n) is 7.06. The van der Waals surface area contributed by atoms with Gasteiger partial charge in [0.2, 0.25) is 0 Å². The lowest BCUT2D eigenvalue weighted by Gasteiger charge is -2.23. The molecular weight excluding hydrogens is 360 g/mol. The van der Waals surface area contributed by atoms with Crippen molar-refractivity contribution in [1.82, 2.24) is 0 Å². The van der Waals surface area contributed by atoms with Gasteiger partial charge in [0.1, 0.15) is 0 Å².